The summed E-state index contributed by atoms with van der Waals surface area (Å²) < 4.78 is 1.96. The number of aryl methyl sites for hydroxylation is 1. The fourth-order valence-corrected chi connectivity index (χ4v) is 4.48. The molecular weight excluding hydrogens is 451 g/mol. The minimum Gasteiger partial charge on any atom is -0.324 e. The number of carbonyl (C=O) groups excluding carboxylic acids is 1. The summed E-state index contributed by atoms with van der Waals surface area (Å²) in [6.45, 7) is 3.84. The van der Waals surface area contributed by atoms with E-state index in [1.54, 1.807) is 6.92 Å². The highest BCUT2D eigenvalue weighted by Crippen LogP contribution is 2.33. The maximum Gasteiger partial charge on any atom is 0.237 e. The van der Waals surface area contributed by atoms with Gasteiger partial charge in [0.15, 0.2) is 10.8 Å². The maximum absolute atomic E-state index is 12.7. The van der Waals surface area contributed by atoms with E-state index in [4.69, 9.17) is 34.8 Å². The highest BCUT2D eigenvalue weighted by molar-refractivity contribution is 8.00. The summed E-state index contributed by atoms with van der Waals surface area (Å²) in [5.41, 5.74) is 3.27. The SMILES string of the molecule is Cc1cc2nnc(S[C@H](C)C(=O)Nc3cc(Cl)c(Cl)cc3Cl)n2c2ccccc12. The van der Waals surface area contributed by atoms with Crippen LogP contribution in [0, 0.1) is 6.92 Å². The van der Waals surface area contributed by atoms with E-state index in [9.17, 15) is 4.79 Å². The number of nitrogens with one attached hydrogen (secondary N) is 1. The molecule has 2 heterocycles. The van der Waals surface area contributed by atoms with Crippen LogP contribution in [-0.4, -0.2) is 25.8 Å². The summed E-state index contributed by atoms with van der Waals surface area (Å²) in [5, 5.41) is 13.6. The van der Waals surface area contributed by atoms with Gasteiger partial charge in [-0.05, 0) is 43.7 Å². The first-order valence-corrected chi connectivity index (χ1v) is 10.7. The van der Waals surface area contributed by atoms with Crippen LogP contribution in [0.15, 0.2) is 47.6 Å². The van der Waals surface area contributed by atoms with E-state index in [-0.39, 0.29) is 5.91 Å². The maximum atomic E-state index is 12.7. The number of pyridine rings is 1. The van der Waals surface area contributed by atoms with Gasteiger partial charge in [0, 0.05) is 5.39 Å². The largest absolute Gasteiger partial charge is 0.324 e. The Morgan fingerprint density at radius 3 is 2.59 bits per heavy atom. The second kappa shape index (κ2) is 8.03. The average Bonchev–Trinajstić information content (AvgIpc) is 3.08. The minimum absolute atomic E-state index is 0.233. The van der Waals surface area contributed by atoms with E-state index in [1.165, 1.54) is 23.9 Å². The molecule has 29 heavy (non-hydrogen) atoms. The third-order valence-corrected chi connectivity index (χ3v) is 6.57. The molecule has 1 N–H and O–H groups in total. The highest BCUT2D eigenvalue weighted by atomic mass is 35.5. The number of nitrogens with zero attached hydrogens (tertiary/aromatic N) is 3. The van der Waals surface area contributed by atoms with Crippen LogP contribution >= 0.6 is 46.6 Å². The summed E-state index contributed by atoms with van der Waals surface area (Å²) >= 11 is 19.4. The molecule has 0 fully saturated rings. The Labute approximate surface area is 186 Å². The molecule has 5 nitrogen and oxygen atoms in total. The lowest BCUT2D eigenvalue weighted by Gasteiger charge is -2.13. The molecule has 0 aliphatic rings. The van der Waals surface area contributed by atoms with Gasteiger partial charge in [0.05, 0.1) is 31.5 Å². The molecular formula is C20H15Cl3N4OS. The molecule has 148 valence electrons. The van der Waals surface area contributed by atoms with Crippen LogP contribution in [0.25, 0.3) is 16.6 Å². The molecule has 0 spiro atoms. The number of rotatable bonds is 4. The van der Waals surface area contributed by atoms with Gasteiger partial charge >= 0.3 is 0 Å². The van der Waals surface area contributed by atoms with Crippen LogP contribution in [0.4, 0.5) is 5.69 Å². The first-order valence-electron chi connectivity index (χ1n) is 8.70. The molecule has 2 aromatic carbocycles. The number of fused-ring (bicyclic) bond motifs is 3. The lowest BCUT2D eigenvalue weighted by molar-refractivity contribution is -0.115. The predicted molar refractivity (Wildman–Crippen MR) is 121 cm³/mol. The zero-order chi connectivity index (χ0) is 20.7. The van der Waals surface area contributed by atoms with E-state index in [0.29, 0.717) is 25.9 Å². The van der Waals surface area contributed by atoms with E-state index >= 15 is 0 Å². The molecule has 0 bridgehead atoms. The number of thioether (sulfide) groups is 1. The number of aromatic nitrogens is 3. The lowest BCUT2D eigenvalue weighted by Crippen LogP contribution is -2.23. The first kappa shape index (κ1) is 20.3. The number of carbonyl (C=O) groups is 1. The molecule has 0 saturated heterocycles. The fourth-order valence-electron chi connectivity index (χ4n) is 3.02. The topological polar surface area (TPSA) is 59.3 Å². The number of para-hydroxylation sites is 1. The van der Waals surface area contributed by atoms with Crippen molar-refractivity contribution < 1.29 is 4.79 Å². The van der Waals surface area contributed by atoms with Crippen molar-refractivity contribution in [3.8, 4) is 0 Å². The summed E-state index contributed by atoms with van der Waals surface area (Å²) in [6.07, 6.45) is 0. The monoisotopic (exact) mass is 464 g/mol. The Morgan fingerprint density at radius 1 is 1.07 bits per heavy atom. The van der Waals surface area contributed by atoms with Crippen LogP contribution in [0.3, 0.4) is 0 Å². The Balaban J connectivity index is 1.62. The van der Waals surface area contributed by atoms with Crippen molar-refractivity contribution in [1.29, 1.82) is 0 Å². The Kier molecular flexibility index (Phi) is 5.62. The third kappa shape index (κ3) is 3.90. The first-order chi connectivity index (χ1) is 13.8. The highest BCUT2D eigenvalue weighted by Gasteiger charge is 2.20. The summed E-state index contributed by atoms with van der Waals surface area (Å²) in [6, 6.07) is 13.1. The van der Waals surface area contributed by atoms with Gasteiger partial charge in [-0.3, -0.25) is 9.20 Å². The lowest BCUT2D eigenvalue weighted by atomic mass is 10.1. The summed E-state index contributed by atoms with van der Waals surface area (Å²) in [7, 11) is 0. The number of hydrogen-bond donors (Lipinski definition) is 1. The van der Waals surface area contributed by atoms with Crippen molar-refractivity contribution in [3.05, 3.63) is 63.1 Å². The van der Waals surface area contributed by atoms with Gasteiger partial charge in [-0.2, -0.15) is 0 Å². The zero-order valence-corrected chi connectivity index (χ0v) is 18.5. The molecule has 2 aromatic heterocycles. The molecule has 1 atom stereocenters. The van der Waals surface area contributed by atoms with Crippen LogP contribution < -0.4 is 5.32 Å². The summed E-state index contributed by atoms with van der Waals surface area (Å²) in [4.78, 5) is 12.7. The number of amides is 1. The van der Waals surface area contributed by atoms with Crippen molar-refractivity contribution in [2.24, 2.45) is 0 Å². The number of benzene rings is 2. The van der Waals surface area contributed by atoms with Gasteiger partial charge in [-0.25, -0.2) is 0 Å². The van der Waals surface area contributed by atoms with Crippen molar-refractivity contribution in [3.63, 3.8) is 0 Å². The van der Waals surface area contributed by atoms with Crippen molar-refractivity contribution in [2.75, 3.05) is 5.32 Å². The Bertz CT molecular complexity index is 1260. The molecule has 0 aliphatic carbocycles. The number of anilines is 1. The van der Waals surface area contributed by atoms with Crippen molar-refractivity contribution >= 4 is 74.7 Å². The smallest absolute Gasteiger partial charge is 0.237 e. The minimum atomic E-state index is -0.451. The van der Waals surface area contributed by atoms with Crippen LogP contribution in [0.1, 0.15) is 12.5 Å². The van der Waals surface area contributed by atoms with Gasteiger partial charge in [0.1, 0.15) is 0 Å². The van der Waals surface area contributed by atoms with Crippen LogP contribution in [0.5, 0.6) is 0 Å². The zero-order valence-electron chi connectivity index (χ0n) is 15.4. The van der Waals surface area contributed by atoms with E-state index in [0.717, 1.165) is 22.1 Å². The van der Waals surface area contributed by atoms with E-state index in [2.05, 4.69) is 21.6 Å². The Hall–Kier alpha value is -1.99. The second-order valence-corrected chi connectivity index (χ2v) is 9.05. The molecule has 1 amide bonds. The van der Waals surface area contributed by atoms with Gasteiger partial charge in [-0.1, -0.05) is 64.8 Å². The van der Waals surface area contributed by atoms with Crippen molar-refractivity contribution in [1.82, 2.24) is 14.6 Å². The molecule has 0 saturated carbocycles. The van der Waals surface area contributed by atoms with Gasteiger partial charge < -0.3 is 5.32 Å². The predicted octanol–water partition coefficient (Wildman–Crippen LogP) is 6.27. The van der Waals surface area contributed by atoms with Crippen LogP contribution in [-0.2, 0) is 4.79 Å². The molecule has 9 heteroatoms. The second-order valence-electron chi connectivity index (χ2n) is 6.52. The fraction of sp³-hybridized carbons (Fsp3) is 0.150. The molecule has 4 aromatic rings. The standard InChI is InChI=1S/C20H15Cl3N4OS/c1-10-7-18-25-26-20(27(18)17-6-4-3-5-12(10)17)29-11(2)19(28)24-16-9-14(22)13(21)8-15(16)23/h3-9,11H,1-2H3,(H,24,28)/t11-/m1/s1. The van der Waals surface area contributed by atoms with E-state index in [1.807, 2.05) is 35.6 Å². The average molecular weight is 466 g/mol. The number of halogens is 3. The van der Waals surface area contributed by atoms with Gasteiger partial charge in [0.25, 0.3) is 0 Å². The molecule has 0 radical (unpaired) electrons. The third-order valence-electron chi connectivity index (χ3n) is 4.49. The number of hydrogen-bond acceptors (Lipinski definition) is 4. The van der Waals surface area contributed by atoms with Gasteiger partial charge in [0.2, 0.25) is 5.91 Å². The van der Waals surface area contributed by atoms with Crippen molar-refractivity contribution in [2.45, 2.75) is 24.3 Å². The molecule has 0 aliphatic heterocycles. The quantitative estimate of drug-likeness (QED) is 0.285. The van der Waals surface area contributed by atoms with Gasteiger partial charge in [-0.15, -0.1) is 10.2 Å². The Morgan fingerprint density at radius 2 is 1.79 bits per heavy atom. The van der Waals surface area contributed by atoms with E-state index < -0.39 is 5.25 Å². The normalized spacial score (nSPS) is 12.4. The molecule has 0 unspecified atom stereocenters. The molecule has 4 rings (SSSR count). The summed E-state index contributed by atoms with van der Waals surface area (Å²) in [5.74, 6) is -0.233. The van der Waals surface area contributed by atoms with Crippen LogP contribution in [0.2, 0.25) is 15.1 Å².